The molecule has 0 amide bonds. The lowest BCUT2D eigenvalue weighted by Gasteiger charge is -2.41. The van der Waals surface area contributed by atoms with Crippen molar-refractivity contribution >= 4 is 24.3 Å². The van der Waals surface area contributed by atoms with Gasteiger partial charge in [0.25, 0.3) is 0 Å². The second-order valence-electron chi connectivity index (χ2n) is 6.91. The largest absolute Gasteiger partial charge is 0.334 e. The number of hydrogen-bond donors (Lipinski definition) is 0. The molecule has 0 spiro atoms. The van der Waals surface area contributed by atoms with Crippen LogP contribution in [0.15, 0.2) is 0 Å². The molecular formula is C15H31O7P3. The van der Waals surface area contributed by atoms with Gasteiger partial charge in [0.05, 0.1) is 39.2 Å². The average Bonchev–Trinajstić information content (AvgIpc) is 2.64. The normalized spacial score (nSPS) is 39.1. The van der Waals surface area contributed by atoms with Crippen molar-refractivity contribution in [1.82, 2.24) is 0 Å². The third-order valence-corrected chi connectivity index (χ3v) is 9.19. The molecule has 0 radical (unpaired) electrons. The summed E-state index contributed by atoms with van der Waals surface area (Å²) in [6.07, 6.45) is 1.90. The highest BCUT2D eigenvalue weighted by molar-refractivity contribution is 7.53. The lowest BCUT2D eigenvalue weighted by molar-refractivity contribution is -0.00827. The first-order chi connectivity index (χ1) is 11.8. The Hall–Kier alpha value is 0.850. The molecule has 7 nitrogen and oxygen atoms in total. The molecule has 0 saturated carbocycles. The van der Waals surface area contributed by atoms with Crippen LogP contribution < -0.4 is 0 Å². The second-order valence-corrected chi connectivity index (χ2v) is 11.9. The Bertz CT molecular complexity index is 460. The summed E-state index contributed by atoms with van der Waals surface area (Å²) in [4.78, 5) is 0. The predicted molar refractivity (Wildman–Crippen MR) is 100 cm³/mol. The lowest BCUT2D eigenvalue weighted by atomic mass is 9.88. The Morgan fingerprint density at radius 1 is 0.920 bits per heavy atom. The first-order valence-electron chi connectivity index (χ1n) is 8.58. The first-order valence-corrected chi connectivity index (χ1v) is 13.6. The van der Waals surface area contributed by atoms with E-state index >= 15 is 0 Å². The molecule has 0 aromatic heterocycles. The van der Waals surface area contributed by atoms with E-state index in [1.165, 1.54) is 7.11 Å². The Kier molecular flexibility index (Phi) is 8.29. The molecular weight excluding hydrogens is 385 g/mol. The van der Waals surface area contributed by atoms with Crippen LogP contribution in [0, 0.1) is 10.8 Å². The van der Waals surface area contributed by atoms with Gasteiger partial charge in [-0.1, -0.05) is 13.8 Å². The van der Waals surface area contributed by atoms with Crippen molar-refractivity contribution in [3.63, 3.8) is 0 Å². The molecule has 2 aliphatic rings. The van der Waals surface area contributed by atoms with Crippen LogP contribution >= 0.6 is 24.3 Å². The van der Waals surface area contributed by atoms with E-state index in [1.54, 1.807) is 0 Å². The zero-order chi connectivity index (χ0) is 18.6. The van der Waals surface area contributed by atoms with Gasteiger partial charge in [0.1, 0.15) is 0 Å². The third kappa shape index (κ3) is 5.91. The van der Waals surface area contributed by atoms with E-state index in [1.807, 2.05) is 13.3 Å². The van der Waals surface area contributed by atoms with Gasteiger partial charge < -0.3 is 27.1 Å². The van der Waals surface area contributed by atoms with Gasteiger partial charge in [-0.2, -0.15) is 0 Å². The van der Waals surface area contributed by atoms with Crippen LogP contribution in [0.5, 0.6) is 0 Å². The van der Waals surface area contributed by atoms with Gasteiger partial charge in [-0.05, 0) is 12.8 Å². The monoisotopic (exact) mass is 416 g/mol. The van der Waals surface area contributed by atoms with Crippen molar-refractivity contribution in [1.29, 1.82) is 0 Å². The summed E-state index contributed by atoms with van der Waals surface area (Å²) in [7, 11) is -3.48. The first kappa shape index (κ1) is 22.1. The fourth-order valence-electron chi connectivity index (χ4n) is 2.67. The van der Waals surface area contributed by atoms with Gasteiger partial charge in [-0.15, -0.1) is 0 Å². The Morgan fingerprint density at radius 3 is 1.76 bits per heavy atom. The highest BCUT2D eigenvalue weighted by Crippen LogP contribution is 2.57. The van der Waals surface area contributed by atoms with E-state index in [0.29, 0.717) is 33.0 Å². The van der Waals surface area contributed by atoms with Gasteiger partial charge in [0, 0.05) is 31.3 Å². The molecule has 25 heavy (non-hydrogen) atoms. The Morgan fingerprint density at radius 2 is 1.36 bits per heavy atom. The maximum Gasteiger partial charge on any atom is 0.331 e. The molecule has 2 fully saturated rings. The van der Waals surface area contributed by atoms with Crippen LogP contribution in [0.4, 0.5) is 0 Å². The molecule has 0 bridgehead atoms. The summed E-state index contributed by atoms with van der Waals surface area (Å²) in [6.45, 7) is 10.4. The SMILES string of the molecule is CCC1(COP(=O)(CC2(CC)COP(C)OC2)OC)COP(C)OC1. The molecule has 10 heteroatoms. The minimum absolute atomic E-state index is 0.278. The second kappa shape index (κ2) is 9.37. The van der Waals surface area contributed by atoms with E-state index in [9.17, 15) is 4.57 Å². The van der Waals surface area contributed by atoms with E-state index in [2.05, 4.69) is 13.8 Å². The van der Waals surface area contributed by atoms with E-state index in [-0.39, 0.29) is 17.0 Å². The summed E-state index contributed by atoms with van der Waals surface area (Å²) in [5, 5.41) is 0. The summed E-state index contributed by atoms with van der Waals surface area (Å²) in [5.41, 5.74) is -0.614. The van der Waals surface area contributed by atoms with Crippen LogP contribution in [0.1, 0.15) is 26.7 Å². The predicted octanol–water partition coefficient (Wildman–Crippen LogP) is 4.61. The van der Waals surface area contributed by atoms with Crippen LogP contribution in [-0.4, -0.2) is 59.6 Å². The van der Waals surface area contributed by atoms with Gasteiger partial charge in [0.2, 0.25) is 0 Å². The lowest BCUT2D eigenvalue weighted by Crippen LogP contribution is -2.40. The fraction of sp³-hybridized carbons (Fsp3) is 1.00. The van der Waals surface area contributed by atoms with Crippen molar-refractivity contribution in [2.24, 2.45) is 10.8 Å². The maximum atomic E-state index is 13.2. The van der Waals surface area contributed by atoms with Crippen molar-refractivity contribution in [2.45, 2.75) is 26.7 Å². The van der Waals surface area contributed by atoms with Crippen LogP contribution in [0.2, 0.25) is 0 Å². The molecule has 2 rings (SSSR count). The topological polar surface area (TPSA) is 72.5 Å². The molecule has 148 valence electrons. The van der Waals surface area contributed by atoms with E-state index in [0.717, 1.165) is 12.8 Å². The molecule has 2 aliphatic heterocycles. The zero-order valence-corrected chi connectivity index (χ0v) is 18.5. The molecule has 0 aromatic rings. The summed E-state index contributed by atoms with van der Waals surface area (Å²) in [5.74, 6) is 0. The zero-order valence-electron chi connectivity index (χ0n) is 15.9. The molecule has 0 aliphatic carbocycles. The van der Waals surface area contributed by atoms with E-state index < -0.39 is 24.3 Å². The van der Waals surface area contributed by atoms with Crippen molar-refractivity contribution in [3.05, 3.63) is 0 Å². The van der Waals surface area contributed by atoms with Gasteiger partial charge >= 0.3 is 7.60 Å². The molecule has 0 N–H and O–H groups in total. The summed E-state index contributed by atoms with van der Waals surface area (Å²) >= 11 is 0. The number of hydrogen-bond acceptors (Lipinski definition) is 7. The Labute approximate surface area is 153 Å². The average molecular weight is 416 g/mol. The minimum atomic E-state index is -3.27. The molecule has 1 unspecified atom stereocenters. The molecule has 1 atom stereocenters. The van der Waals surface area contributed by atoms with Gasteiger partial charge in [-0.25, -0.2) is 0 Å². The fourth-order valence-corrected chi connectivity index (χ4v) is 6.67. The highest BCUT2D eigenvalue weighted by Gasteiger charge is 2.44. The molecule has 0 aromatic carbocycles. The smallest absolute Gasteiger partial charge is 0.331 e. The molecule has 2 saturated heterocycles. The van der Waals surface area contributed by atoms with Gasteiger partial charge in [-0.3, -0.25) is 4.57 Å². The maximum absolute atomic E-state index is 13.2. The van der Waals surface area contributed by atoms with Crippen molar-refractivity contribution < 1.29 is 31.7 Å². The quantitative estimate of drug-likeness (QED) is 0.535. The van der Waals surface area contributed by atoms with Gasteiger partial charge in [0.15, 0.2) is 16.8 Å². The standard InChI is InChI=1S/C15H31O7P3/c1-6-14(8-18-23(4)19-9-14)12-22-25(16,17-3)13-15(7-2)10-20-24(5)21-11-15/h6-13H2,1-5H3. The van der Waals surface area contributed by atoms with Crippen LogP contribution in [0.25, 0.3) is 0 Å². The minimum Gasteiger partial charge on any atom is -0.334 e. The highest BCUT2D eigenvalue weighted by atomic mass is 31.2. The van der Waals surface area contributed by atoms with Crippen LogP contribution in [-0.2, 0) is 31.7 Å². The summed E-state index contributed by atoms with van der Waals surface area (Å²) < 4.78 is 47.2. The van der Waals surface area contributed by atoms with Crippen molar-refractivity contribution in [2.75, 3.05) is 59.6 Å². The number of rotatable bonds is 8. The third-order valence-electron chi connectivity index (χ3n) is 5.08. The Balaban J connectivity index is 2.00. The molecule has 2 heterocycles. The summed E-state index contributed by atoms with van der Waals surface area (Å²) in [6, 6.07) is 0. The van der Waals surface area contributed by atoms with Crippen LogP contribution in [0.3, 0.4) is 0 Å². The van der Waals surface area contributed by atoms with E-state index in [4.69, 9.17) is 27.1 Å². The van der Waals surface area contributed by atoms with Crippen molar-refractivity contribution in [3.8, 4) is 0 Å².